The minimum Gasteiger partial charge on any atom is -0.308 e. The van der Waals surface area contributed by atoms with Gasteiger partial charge in [0.1, 0.15) is 11.4 Å². The lowest BCUT2D eigenvalue weighted by molar-refractivity contribution is 0.451. The van der Waals surface area contributed by atoms with E-state index < -0.39 is 0 Å². The first kappa shape index (κ1) is 16.2. The molecule has 124 valence electrons. The Morgan fingerprint density at radius 1 is 1.04 bits per heavy atom. The van der Waals surface area contributed by atoms with E-state index in [0.717, 1.165) is 36.5 Å². The largest absolute Gasteiger partial charge is 0.308 e. The molecule has 1 fully saturated rings. The van der Waals surface area contributed by atoms with Gasteiger partial charge in [0.15, 0.2) is 0 Å². The van der Waals surface area contributed by atoms with Crippen molar-refractivity contribution in [3.8, 4) is 11.3 Å². The van der Waals surface area contributed by atoms with Crippen LogP contribution in [0.2, 0.25) is 0 Å². The highest BCUT2D eigenvalue weighted by Crippen LogP contribution is 2.21. The summed E-state index contributed by atoms with van der Waals surface area (Å²) in [7, 11) is 0. The van der Waals surface area contributed by atoms with E-state index in [2.05, 4.69) is 36.5 Å². The number of aryl methyl sites for hydroxylation is 1. The fourth-order valence-corrected chi connectivity index (χ4v) is 3.35. The van der Waals surface area contributed by atoms with Crippen molar-refractivity contribution in [1.82, 2.24) is 20.3 Å². The van der Waals surface area contributed by atoms with Crippen LogP contribution < -0.4 is 5.32 Å². The van der Waals surface area contributed by atoms with Crippen molar-refractivity contribution < 1.29 is 0 Å². The van der Waals surface area contributed by atoms with Crippen molar-refractivity contribution in [1.29, 1.82) is 0 Å². The van der Waals surface area contributed by atoms with Gasteiger partial charge >= 0.3 is 0 Å². The van der Waals surface area contributed by atoms with Crippen LogP contribution in [-0.4, -0.2) is 21.0 Å². The predicted octanol–water partition coefficient (Wildman–Crippen LogP) is 4.17. The van der Waals surface area contributed by atoms with Crippen LogP contribution in [0.15, 0.2) is 30.3 Å². The van der Waals surface area contributed by atoms with Crippen molar-refractivity contribution in [2.45, 2.75) is 71.0 Å². The van der Waals surface area contributed by atoms with Crippen LogP contribution >= 0.6 is 0 Å². The topological polar surface area (TPSA) is 42.7 Å². The van der Waals surface area contributed by atoms with Crippen LogP contribution in [0.25, 0.3) is 11.3 Å². The lowest BCUT2D eigenvalue weighted by atomic mass is 10.1. The SMILES string of the molecule is CCCn1nc(CNC2CCCCCC2)c(-c2ccccc2)n1. The van der Waals surface area contributed by atoms with Crippen LogP contribution in [-0.2, 0) is 13.1 Å². The Morgan fingerprint density at radius 2 is 1.78 bits per heavy atom. The number of rotatable bonds is 6. The highest BCUT2D eigenvalue weighted by atomic mass is 15.5. The summed E-state index contributed by atoms with van der Waals surface area (Å²) in [6.45, 7) is 3.86. The molecule has 1 aromatic carbocycles. The maximum Gasteiger partial charge on any atom is 0.117 e. The summed E-state index contributed by atoms with van der Waals surface area (Å²) in [5.41, 5.74) is 3.27. The molecule has 0 atom stereocenters. The lowest BCUT2D eigenvalue weighted by Gasteiger charge is -2.15. The molecule has 0 bridgehead atoms. The van der Waals surface area contributed by atoms with E-state index >= 15 is 0 Å². The number of nitrogens with zero attached hydrogens (tertiary/aromatic N) is 3. The molecular weight excluding hydrogens is 284 g/mol. The first-order chi connectivity index (χ1) is 11.4. The molecule has 0 amide bonds. The van der Waals surface area contributed by atoms with Gasteiger partial charge in [-0.3, -0.25) is 0 Å². The van der Waals surface area contributed by atoms with Crippen molar-refractivity contribution >= 4 is 0 Å². The Hall–Kier alpha value is -1.68. The quantitative estimate of drug-likeness (QED) is 0.814. The third-order valence-electron chi connectivity index (χ3n) is 4.61. The first-order valence-corrected chi connectivity index (χ1v) is 9.09. The van der Waals surface area contributed by atoms with Crippen LogP contribution in [0, 0.1) is 0 Å². The van der Waals surface area contributed by atoms with Gasteiger partial charge in [-0.25, -0.2) is 0 Å². The van der Waals surface area contributed by atoms with E-state index in [1.807, 2.05) is 10.9 Å². The Bertz CT molecular complexity index is 583. The zero-order valence-electron chi connectivity index (χ0n) is 14.2. The summed E-state index contributed by atoms with van der Waals surface area (Å²) < 4.78 is 0. The van der Waals surface area contributed by atoms with Gasteiger partial charge in [-0.1, -0.05) is 62.9 Å². The molecule has 23 heavy (non-hydrogen) atoms. The molecule has 3 rings (SSSR count). The summed E-state index contributed by atoms with van der Waals surface area (Å²) in [5.74, 6) is 0. The molecule has 1 N–H and O–H groups in total. The van der Waals surface area contributed by atoms with Gasteiger partial charge in [0.2, 0.25) is 0 Å². The maximum absolute atomic E-state index is 4.73. The Kier molecular flexibility index (Phi) is 5.81. The van der Waals surface area contributed by atoms with Gasteiger partial charge in [0.05, 0.1) is 6.54 Å². The molecule has 1 aromatic heterocycles. The average molecular weight is 312 g/mol. The lowest BCUT2D eigenvalue weighted by Crippen LogP contribution is -2.28. The molecule has 0 saturated heterocycles. The van der Waals surface area contributed by atoms with Gasteiger partial charge in [-0.15, -0.1) is 0 Å². The minimum atomic E-state index is 0.637. The smallest absolute Gasteiger partial charge is 0.117 e. The minimum absolute atomic E-state index is 0.637. The fourth-order valence-electron chi connectivity index (χ4n) is 3.35. The molecule has 4 heteroatoms. The average Bonchev–Trinajstić information content (AvgIpc) is 2.80. The van der Waals surface area contributed by atoms with Crippen molar-refractivity contribution in [3.63, 3.8) is 0 Å². The Balaban J connectivity index is 1.74. The van der Waals surface area contributed by atoms with E-state index in [4.69, 9.17) is 10.2 Å². The molecule has 0 unspecified atom stereocenters. The summed E-state index contributed by atoms with van der Waals surface area (Å²) >= 11 is 0. The zero-order chi connectivity index (χ0) is 15.9. The number of benzene rings is 1. The third-order valence-corrected chi connectivity index (χ3v) is 4.61. The Morgan fingerprint density at radius 3 is 2.48 bits per heavy atom. The van der Waals surface area contributed by atoms with Gasteiger partial charge in [0, 0.05) is 18.2 Å². The van der Waals surface area contributed by atoms with Gasteiger partial charge in [-0.05, 0) is 19.3 Å². The molecule has 1 aliphatic rings. The van der Waals surface area contributed by atoms with Gasteiger partial charge in [-0.2, -0.15) is 15.0 Å². The molecule has 1 heterocycles. The number of hydrogen-bond donors (Lipinski definition) is 1. The zero-order valence-corrected chi connectivity index (χ0v) is 14.2. The molecule has 1 aliphatic carbocycles. The maximum atomic E-state index is 4.73. The highest BCUT2D eigenvalue weighted by molar-refractivity contribution is 5.60. The van der Waals surface area contributed by atoms with E-state index in [1.165, 1.54) is 38.5 Å². The fraction of sp³-hybridized carbons (Fsp3) is 0.579. The molecule has 0 radical (unpaired) electrons. The van der Waals surface area contributed by atoms with E-state index in [0.29, 0.717) is 6.04 Å². The molecule has 0 spiro atoms. The molecule has 2 aromatic rings. The van der Waals surface area contributed by atoms with E-state index in [1.54, 1.807) is 0 Å². The van der Waals surface area contributed by atoms with E-state index in [9.17, 15) is 0 Å². The summed E-state index contributed by atoms with van der Waals surface area (Å²) in [6.07, 6.45) is 9.13. The van der Waals surface area contributed by atoms with Crippen LogP contribution in [0.1, 0.15) is 57.6 Å². The van der Waals surface area contributed by atoms with E-state index in [-0.39, 0.29) is 0 Å². The second-order valence-corrected chi connectivity index (χ2v) is 6.53. The molecule has 4 nitrogen and oxygen atoms in total. The van der Waals surface area contributed by atoms with Gasteiger partial charge < -0.3 is 5.32 Å². The molecular formula is C19H28N4. The summed E-state index contributed by atoms with van der Waals surface area (Å²) in [6, 6.07) is 11.1. The third kappa shape index (κ3) is 4.41. The normalized spacial score (nSPS) is 16.4. The second-order valence-electron chi connectivity index (χ2n) is 6.53. The molecule has 1 saturated carbocycles. The van der Waals surface area contributed by atoms with Gasteiger partial charge in [0.25, 0.3) is 0 Å². The first-order valence-electron chi connectivity index (χ1n) is 9.09. The number of aromatic nitrogens is 3. The summed E-state index contributed by atoms with van der Waals surface area (Å²) in [5, 5.41) is 13.2. The monoisotopic (exact) mass is 312 g/mol. The standard InChI is InChI=1S/C19H28N4/c1-2-14-23-21-18(15-20-17-12-8-3-4-9-13-17)19(22-23)16-10-6-5-7-11-16/h5-7,10-11,17,20H,2-4,8-9,12-15H2,1H3. The summed E-state index contributed by atoms with van der Waals surface area (Å²) in [4.78, 5) is 1.85. The second kappa shape index (κ2) is 8.25. The predicted molar refractivity (Wildman–Crippen MR) is 94.1 cm³/mol. The highest BCUT2D eigenvalue weighted by Gasteiger charge is 2.16. The van der Waals surface area contributed by atoms with Crippen molar-refractivity contribution in [2.24, 2.45) is 0 Å². The number of hydrogen-bond acceptors (Lipinski definition) is 3. The molecule has 0 aliphatic heterocycles. The van der Waals surface area contributed by atoms with Crippen LogP contribution in [0.3, 0.4) is 0 Å². The number of nitrogens with one attached hydrogen (secondary N) is 1. The van der Waals surface area contributed by atoms with Crippen molar-refractivity contribution in [3.05, 3.63) is 36.0 Å². The van der Waals surface area contributed by atoms with Crippen LogP contribution in [0.5, 0.6) is 0 Å². The van der Waals surface area contributed by atoms with Crippen LogP contribution in [0.4, 0.5) is 0 Å². The van der Waals surface area contributed by atoms with Crippen molar-refractivity contribution in [2.75, 3.05) is 0 Å². The Labute approximate surface area is 139 Å².